The summed E-state index contributed by atoms with van der Waals surface area (Å²) in [6, 6.07) is 5.31. The molecule has 1 saturated carbocycles. The van der Waals surface area contributed by atoms with E-state index in [0.29, 0.717) is 27.4 Å². The van der Waals surface area contributed by atoms with Gasteiger partial charge in [-0.2, -0.15) is 4.98 Å². The Labute approximate surface area is 191 Å². The van der Waals surface area contributed by atoms with E-state index < -0.39 is 6.04 Å². The van der Waals surface area contributed by atoms with Crippen LogP contribution in [0.3, 0.4) is 0 Å². The number of nitrogens with two attached hydrogens (primary N) is 1. The number of nitrogens with zero attached hydrogens (tertiary/aromatic N) is 3. The fourth-order valence-corrected chi connectivity index (χ4v) is 5.96. The monoisotopic (exact) mass is 462 g/mol. The maximum Gasteiger partial charge on any atom is 0.262 e. The molecule has 2 unspecified atom stereocenters. The lowest BCUT2D eigenvalue weighted by Crippen LogP contribution is -2.52. The molecule has 1 aliphatic carbocycles. The first kappa shape index (κ1) is 21.1. The average molecular weight is 463 g/mol. The molecule has 2 fully saturated rings. The van der Waals surface area contributed by atoms with Crippen molar-refractivity contribution in [1.82, 2.24) is 15.0 Å². The maximum absolute atomic E-state index is 13.4. The molecule has 5 rings (SSSR count). The third-order valence-electron chi connectivity index (χ3n) is 7.49. The van der Waals surface area contributed by atoms with Gasteiger partial charge in [-0.1, -0.05) is 48.2 Å². The van der Waals surface area contributed by atoms with Crippen molar-refractivity contribution >= 4 is 35.0 Å². The highest BCUT2D eigenvalue weighted by Crippen LogP contribution is 2.44. The summed E-state index contributed by atoms with van der Waals surface area (Å²) in [4.78, 5) is 20.4. The fraction of sp³-hybridized carbons (Fsp3) is 0.545. The van der Waals surface area contributed by atoms with Crippen molar-refractivity contribution in [2.45, 2.75) is 50.6 Å². The summed E-state index contributed by atoms with van der Waals surface area (Å²) in [5, 5.41) is 0.895. The van der Waals surface area contributed by atoms with Gasteiger partial charge in [0, 0.05) is 26.2 Å². The quantitative estimate of drug-likeness (QED) is 0.631. The van der Waals surface area contributed by atoms with Gasteiger partial charge in [0.1, 0.15) is 0 Å². The van der Waals surface area contributed by atoms with Crippen molar-refractivity contribution in [3.63, 3.8) is 0 Å². The van der Waals surface area contributed by atoms with Crippen LogP contribution in [0.2, 0.25) is 10.0 Å². The predicted octanol–water partition coefficient (Wildman–Crippen LogP) is 3.59. The highest BCUT2D eigenvalue weighted by atomic mass is 35.5. The zero-order valence-corrected chi connectivity index (χ0v) is 19.1. The van der Waals surface area contributed by atoms with E-state index in [-0.39, 0.29) is 17.0 Å². The molecule has 2 aromatic rings. The molecule has 2 atom stereocenters. The summed E-state index contributed by atoms with van der Waals surface area (Å²) in [6.07, 6.45) is 6.95. The van der Waals surface area contributed by atoms with E-state index in [2.05, 4.69) is 15.8 Å². The van der Waals surface area contributed by atoms with Crippen LogP contribution in [0.5, 0.6) is 0 Å². The smallest absolute Gasteiger partial charge is 0.262 e. The summed E-state index contributed by atoms with van der Waals surface area (Å²) < 4.78 is 1.65. The van der Waals surface area contributed by atoms with Crippen molar-refractivity contribution in [2.24, 2.45) is 18.2 Å². The lowest BCUT2D eigenvalue weighted by atomic mass is 9.65. The lowest BCUT2D eigenvalue weighted by molar-refractivity contribution is 0.113. The molecule has 1 saturated heterocycles. The second-order valence-corrected chi connectivity index (χ2v) is 9.87. The highest BCUT2D eigenvalue weighted by molar-refractivity contribution is 6.42. The number of halogens is 2. The molecule has 2 aliphatic heterocycles. The molecule has 0 bridgehead atoms. The summed E-state index contributed by atoms with van der Waals surface area (Å²) in [5.41, 5.74) is 14.2. The van der Waals surface area contributed by atoms with Crippen LogP contribution in [0.1, 0.15) is 55.7 Å². The van der Waals surface area contributed by atoms with Crippen molar-refractivity contribution in [1.29, 1.82) is 0 Å². The summed E-state index contributed by atoms with van der Waals surface area (Å²) in [6.45, 7) is 1.73. The topological polar surface area (TPSA) is 88.2 Å². The molecule has 9 heteroatoms. The third kappa shape index (κ3) is 3.42. The van der Waals surface area contributed by atoms with E-state index in [0.717, 1.165) is 37.9 Å². The van der Waals surface area contributed by atoms with E-state index in [4.69, 9.17) is 33.9 Å². The number of benzene rings is 1. The molecule has 3 aliphatic rings. The molecular formula is C22H28Cl2N6O. The van der Waals surface area contributed by atoms with Crippen LogP contribution in [0, 0.1) is 5.41 Å². The van der Waals surface area contributed by atoms with Gasteiger partial charge >= 0.3 is 0 Å². The molecule has 4 N–H and O–H groups in total. The minimum Gasteiger partial charge on any atom is -0.342 e. The number of hydrogen-bond acceptors (Lipinski definition) is 6. The molecule has 31 heavy (non-hydrogen) atoms. The van der Waals surface area contributed by atoms with Gasteiger partial charge in [-0.3, -0.25) is 9.36 Å². The second kappa shape index (κ2) is 7.96. The van der Waals surface area contributed by atoms with E-state index >= 15 is 0 Å². The van der Waals surface area contributed by atoms with E-state index in [9.17, 15) is 4.79 Å². The standard InChI is InChI=1S/C22H28Cl2N6O/c1-29-20(31)16-18(13-5-4-6-14(23)17(13)24)27-28-19(16)26-21(29)30-11-9-22(10-12-30)8-3-2-7-15(22)25/h4-6,15,18,27-28H,2-3,7-12,25H2,1H3. The van der Waals surface area contributed by atoms with E-state index in [1.807, 2.05) is 12.1 Å². The van der Waals surface area contributed by atoms with Crippen LogP contribution >= 0.6 is 23.2 Å². The first-order valence-electron chi connectivity index (χ1n) is 11.0. The van der Waals surface area contributed by atoms with Crippen molar-refractivity contribution in [3.05, 3.63) is 49.7 Å². The van der Waals surface area contributed by atoms with Gasteiger partial charge in [0.25, 0.3) is 5.56 Å². The Morgan fingerprint density at radius 1 is 1.19 bits per heavy atom. The largest absolute Gasteiger partial charge is 0.342 e. The minimum atomic E-state index is -0.411. The number of hydrogen-bond donors (Lipinski definition) is 3. The zero-order chi connectivity index (χ0) is 21.8. The van der Waals surface area contributed by atoms with E-state index in [1.165, 1.54) is 19.3 Å². The molecule has 166 valence electrons. The highest BCUT2D eigenvalue weighted by Gasteiger charge is 2.42. The van der Waals surface area contributed by atoms with Gasteiger partial charge in [-0.05, 0) is 42.7 Å². The Balaban J connectivity index is 1.44. The summed E-state index contributed by atoms with van der Waals surface area (Å²) in [7, 11) is 1.79. The molecule has 1 spiro atoms. The Hall–Kier alpha value is -1.80. The number of aromatic nitrogens is 2. The molecule has 1 aromatic carbocycles. The SMILES string of the molecule is Cn1c(N2CCC3(CCCCC3N)CC2)nc2c(c1=O)C(c1cccc(Cl)c1Cl)NN2. The first-order chi connectivity index (χ1) is 14.9. The Morgan fingerprint density at radius 3 is 2.71 bits per heavy atom. The van der Waals surface area contributed by atoms with Gasteiger partial charge in [0.15, 0.2) is 5.82 Å². The molecule has 3 heterocycles. The second-order valence-electron chi connectivity index (χ2n) is 9.09. The maximum atomic E-state index is 13.4. The van der Waals surface area contributed by atoms with Crippen molar-refractivity contribution in [3.8, 4) is 0 Å². The molecule has 0 amide bonds. The van der Waals surface area contributed by atoms with Crippen LogP contribution in [-0.4, -0.2) is 28.7 Å². The number of rotatable bonds is 2. The number of fused-ring (bicyclic) bond motifs is 1. The summed E-state index contributed by atoms with van der Waals surface area (Å²) in [5.74, 6) is 1.24. The van der Waals surface area contributed by atoms with Crippen LogP contribution in [0.4, 0.5) is 11.8 Å². The van der Waals surface area contributed by atoms with Crippen LogP contribution in [0.15, 0.2) is 23.0 Å². The summed E-state index contributed by atoms with van der Waals surface area (Å²) >= 11 is 12.6. The molecular weight excluding hydrogens is 435 g/mol. The number of hydrazine groups is 1. The van der Waals surface area contributed by atoms with E-state index in [1.54, 1.807) is 17.7 Å². The number of anilines is 2. The Bertz CT molecular complexity index is 1060. The zero-order valence-electron chi connectivity index (χ0n) is 17.6. The van der Waals surface area contributed by atoms with Crippen LogP contribution < -0.4 is 27.0 Å². The average Bonchev–Trinajstić information content (AvgIpc) is 3.19. The predicted molar refractivity (Wildman–Crippen MR) is 125 cm³/mol. The van der Waals surface area contributed by atoms with Crippen molar-refractivity contribution in [2.75, 3.05) is 23.4 Å². The van der Waals surface area contributed by atoms with Gasteiger partial charge in [0.2, 0.25) is 5.95 Å². The van der Waals surface area contributed by atoms with Gasteiger partial charge in [-0.25, -0.2) is 5.43 Å². The van der Waals surface area contributed by atoms with Gasteiger partial charge < -0.3 is 16.1 Å². The lowest BCUT2D eigenvalue weighted by Gasteiger charge is -2.48. The number of piperidine rings is 1. The van der Waals surface area contributed by atoms with Crippen LogP contribution in [0.25, 0.3) is 0 Å². The fourth-order valence-electron chi connectivity index (χ4n) is 5.54. The van der Waals surface area contributed by atoms with Gasteiger partial charge in [-0.15, -0.1) is 0 Å². The van der Waals surface area contributed by atoms with Gasteiger partial charge in [0.05, 0.1) is 21.7 Å². The Kier molecular flexibility index (Phi) is 5.41. The molecule has 7 nitrogen and oxygen atoms in total. The Morgan fingerprint density at radius 2 is 1.97 bits per heavy atom. The number of nitrogens with one attached hydrogen (secondary N) is 2. The normalized spacial score (nSPS) is 24.8. The third-order valence-corrected chi connectivity index (χ3v) is 8.32. The molecule has 1 aromatic heterocycles. The minimum absolute atomic E-state index is 0.0896. The first-order valence-corrected chi connectivity index (χ1v) is 11.7. The van der Waals surface area contributed by atoms with Crippen molar-refractivity contribution < 1.29 is 0 Å². The molecule has 0 radical (unpaired) electrons. The van der Waals surface area contributed by atoms with Crippen LogP contribution in [-0.2, 0) is 7.05 Å².